The van der Waals surface area contributed by atoms with Crippen LogP contribution in [0.3, 0.4) is 0 Å². The summed E-state index contributed by atoms with van der Waals surface area (Å²) in [6.45, 7) is 3.62. The SMILES string of the molecule is CC(=O)c1ccc(NC(=O)COC(=O)[C@H]2CCCN(C(=O)N3CCCC3)C2)cc1. The van der Waals surface area contributed by atoms with Gasteiger partial charge in [0.2, 0.25) is 0 Å². The summed E-state index contributed by atoms with van der Waals surface area (Å²) in [5, 5.41) is 2.63. The second kappa shape index (κ2) is 9.54. The van der Waals surface area contributed by atoms with Gasteiger partial charge in [0.1, 0.15) is 0 Å². The smallest absolute Gasteiger partial charge is 0.320 e. The van der Waals surface area contributed by atoms with Crippen LogP contribution in [-0.2, 0) is 14.3 Å². The number of urea groups is 1. The number of ether oxygens (including phenoxy) is 1. The zero-order chi connectivity index (χ0) is 20.8. The van der Waals surface area contributed by atoms with Crippen molar-refractivity contribution in [3.05, 3.63) is 29.8 Å². The number of benzene rings is 1. The Hall–Kier alpha value is -2.90. The van der Waals surface area contributed by atoms with Crippen LogP contribution in [0.1, 0.15) is 43.0 Å². The standard InChI is InChI=1S/C21H27N3O5/c1-15(25)16-6-8-18(9-7-16)22-19(26)14-29-20(27)17-5-4-12-24(13-17)21(28)23-10-2-3-11-23/h6-9,17H,2-5,10-14H2,1H3,(H,22,26)/t17-/m0/s1. The lowest BCUT2D eigenvalue weighted by Crippen LogP contribution is -2.48. The number of nitrogens with one attached hydrogen (secondary N) is 1. The number of hydrogen-bond donors (Lipinski definition) is 1. The van der Waals surface area contributed by atoms with Crippen molar-refractivity contribution in [2.45, 2.75) is 32.6 Å². The number of hydrogen-bond acceptors (Lipinski definition) is 5. The number of ketones is 1. The highest BCUT2D eigenvalue weighted by molar-refractivity contribution is 5.96. The molecular formula is C21H27N3O5. The van der Waals surface area contributed by atoms with E-state index in [0.717, 1.165) is 32.4 Å². The van der Waals surface area contributed by atoms with Crippen LogP contribution in [-0.4, -0.2) is 66.3 Å². The highest BCUT2D eigenvalue weighted by atomic mass is 16.5. The van der Waals surface area contributed by atoms with E-state index in [1.807, 2.05) is 4.90 Å². The monoisotopic (exact) mass is 401 g/mol. The first-order valence-electron chi connectivity index (χ1n) is 10.1. The Bertz CT molecular complexity index is 771. The summed E-state index contributed by atoms with van der Waals surface area (Å²) in [7, 11) is 0. The largest absolute Gasteiger partial charge is 0.455 e. The molecule has 3 rings (SSSR count). The molecule has 1 atom stereocenters. The summed E-state index contributed by atoms with van der Waals surface area (Å²) in [6, 6.07) is 6.49. The lowest BCUT2D eigenvalue weighted by atomic mass is 9.98. The van der Waals surface area contributed by atoms with Gasteiger partial charge in [-0.15, -0.1) is 0 Å². The molecular weight excluding hydrogens is 374 g/mol. The zero-order valence-electron chi connectivity index (χ0n) is 16.7. The fourth-order valence-electron chi connectivity index (χ4n) is 3.69. The number of carbonyl (C=O) groups is 4. The molecule has 0 radical (unpaired) electrons. The molecule has 0 saturated carbocycles. The zero-order valence-corrected chi connectivity index (χ0v) is 16.7. The van der Waals surface area contributed by atoms with Crippen molar-refractivity contribution >= 4 is 29.4 Å². The molecule has 0 bridgehead atoms. The number of esters is 1. The summed E-state index contributed by atoms with van der Waals surface area (Å²) in [5.74, 6) is -1.36. The first-order chi connectivity index (χ1) is 13.9. The van der Waals surface area contributed by atoms with Gasteiger partial charge >= 0.3 is 12.0 Å². The number of rotatable bonds is 5. The summed E-state index contributed by atoms with van der Waals surface area (Å²) in [4.78, 5) is 51.8. The minimum absolute atomic E-state index is 0.00764. The maximum absolute atomic E-state index is 12.5. The van der Waals surface area contributed by atoms with Crippen molar-refractivity contribution in [3.63, 3.8) is 0 Å². The molecule has 1 aromatic rings. The van der Waals surface area contributed by atoms with E-state index in [4.69, 9.17) is 4.74 Å². The van der Waals surface area contributed by atoms with Crippen LogP contribution in [0.25, 0.3) is 0 Å². The van der Waals surface area contributed by atoms with Gasteiger partial charge in [0.15, 0.2) is 12.4 Å². The van der Waals surface area contributed by atoms with E-state index < -0.39 is 17.8 Å². The van der Waals surface area contributed by atoms with E-state index in [9.17, 15) is 19.2 Å². The molecule has 3 amide bonds. The second-order valence-electron chi connectivity index (χ2n) is 7.55. The summed E-state index contributed by atoms with van der Waals surface area (Å²) >= 11 is 0. The van der Waals surface area contributed by atoms with Crippen molar-refractivity contribution in [2.24, 2.45) is 5.92 Å². The fourth-order valence-corrected chi connectivity index (χ4v) is 3.69. The van der Waals surface area contributed by atoms with Gasteiger partial charge < -0.3 is 19.9 Å². The molecule has 2 aliphatic heterocycles. The van der Waals surface area contributed by atoms with Gasteiger partial charge in [-0.05, 0) is 56.9 Å². The van der Waals surface area contributed by atoms with E-state index in [1.54, 1.807) is 29.2 Å². The molecule has 0 aromatic heterocycles. The predicted octanol–water partition coefficient (Wildman–Crippen LogP) is 2.30. The van der Waals surface area contributed by atoms with Crippen molar-refractivity contribution in [1.29, 1.82) is 0 Å². The van der Waals surface area contributed by atoms with Crippen molar-refractivity contribution in [3.8, 4) is 0 Å². The van der Waals surface area contributed by atoms with Crippen molar-refractivity contribution in [1.82, 2.24) is 9.80 Å². The summed E-state index contributed by atoms with van der Waals surface area (Å²) < 4.78 is 5.17. The van der Waals surface area contributed by atoms with Gasteiger partial charge in [-0.1, -0.05) is 0 Å². The third-order valence-electron chi connectivity index (χ3n) is 5.32. The normalized spacial score (nSPS) is 19.0. The lowest BCUT2D eigenvalue weighted by molar-refractivity contribution is -0.152. The van der Waals surface area contributed by atoms with Gasteiger partial charge in [0.25, 0.3) is 5.91 Å². The molecule has 29 heavy (non-hydrogen) atoms. The average molecular weight is 401 g/mol. The minimum Gasteiger partial charge on any atom is -0.455 e. The van der Waals surface area contributed by atoms with Crippen LogP contribution in [0, 0.1) is 5.92 Å². The lowest BCUT2D eigenvalue weighted by Gasteiger charge is -2.34. The number of piperidine rings is 1. The van der Waals surface area contributed by atoms with Gasteiger partial charge in [-0.25, -0.2) is 4.79 Å². The molecule has 2 aliphatic rings. The predicted molar refractivity (Wildman–Crippen MR) is 107 cm³/mol. The maximum atomic E-state index is 12.5. The van der Waals surface area contributed by atoms with Crippen LogP contribution in [0.2, 0.25) is 0 Å². The Morgan fingerprint density at radius 3 is 2.31 bits per heavy atom. The molecule has 2 fully saturated rings. The van der Waals surface area contributed by atoms with Gasteiger partial charge in [-0.2, -0.15) is 0 Å². The average Bonchev–Trinajstić information content (AvgIpc) is 3.27. The van der Waals surface area contributed by atoms with Crippen LogP contribution in [0.4, 0.5) is 10.5 Å². The Kier molecular flexibility index (Phi) is 6.85. The third kappa shape index (κ3) is 5.56. The number of anilines is 1. The van der Waals surface area contributed by atoms with E-state index in [0.29, 0.717) is 30.8 Å². The van der Waals surface area contributed by atoms with E-state index in [1.165, 1.54) is 6.92 Å². The van der Waals surface area contributed by atoms with E-state index in [-0.39, 0.29) is 18.4 Å². The number of nitrogens with zero attached hydrogens (tertiary/aromatic N) is 2. The van der Waals surface area contributed by atoms with Crippen LogP contribution in [0.5, 0.6) is 0 Å². The van der Waals surface area contributed by atoms with E-state index >= 15 is 0 Å². The molecule has 1 N–H and O–H groups in total. The minimum atomic E-state index is -0.453. The molecule has 2 heterocycles. The van der Waals surface area contributed by atoms with Crippen LogP contribution < -0.4 is 5.32 Å². The molecule has 0 aliphatic carbocycles. The Morgan fingerprint density at radius 2 is 1.66 bits per heavy atom. The molecule has 156 valence electrons. The molecule has 2 saturated heterocycles. The number of Topliss-reactive ketones (excluding diaryl/α,β-unsaturated/α-hetero) is 1. The van der Waals surface area contributed by atoms with Crippen LogP contribution >= 0.6 is 0 Å². The van der Waals surface area contributed by atoms with Crippen LogP contribution in [0.15, 0.2) is 24.3 Å². The highest BCUT2D eigenvalue weighted by Gasteiger charge is 2.32. The fraction of sp³-hybridized carbons (Fsp3) is 0.524. The molecule has 0 unspecified atom stereocenters. The number of carbonyl (C=O) groups excluding carboxylic acids is 4. The number of likely N-dealkylation sites (tertiary alicyclic amines) is 2. The van der Waals surface area contributed by atoms with E-state index in [2.05, 4.69) is 5.32 Å². The summed E-state index contributed by atoms with van der Waals surface area (Å²) in [5.41, 5.74) is 1.08. The molecule has 8 heteroatoms. The first-order valence-corrected chi connectivity index (χ1v) is 10.1. The quantitative estimate of drug-likeness (QED) is 0.603. The topological polar surface area (TPSA) is 96.0 Å². The Morgan fingerprint density at radius 1 is 1.00 bits per heavy atom. The van der Waals surface area contributed by atoms with Gasteiger partial charge in [0.05, 0.1) is 5.92 Å². The maximum Gasteiger partial charge on any atom is 0.320 e. The van der Waals surface area contributed by atoms with Crippen molar-refractivity contribution < 1.29 is 23.9 Å². The Labute approximate surface area is 170 Å². The molecule has 8 nitrogen and oxygen atoms in total. The first kappa shape index (κ1) is 20.8. The number of amides is 3. The highest BCUT2D eigenvalue weighted by Crippen LogP contribution is 2.21. The van der Waals surface area contributed by atoms with Gasteiger partial charge in [0, 0.05) is 37.4 Å². The molecule has 0 spiro atoms. The van der Waals surface area contributed by atoms with Gasteiger partial charge in [-0.3, -0.25) is 14.4 Å². The molecule has 1 aromatic carbocycles. The second-order valence-corrected chi connectivity index (χ2v) is 7.55. The summed E-state index contributed by atoms with van der Waals surface area (Å²) in [6.07, 6.45) is 3.44. The van der Waals surface area contributed by atoms with Crippen molar-refractivity contribution in [2.75, 3.05) is 38.1 Å². The Balaban J connectivity index is 1.45. The third-order valence-corrected chi connectivity index (χ3v) is 5.32.